The van der Waals surface area contributed by atoms with E-state index in [0.717, 1.165) is 80.9 Å². The Kier molecular flexibility index (Phi) is 7.85. The topological polar surface area (TPSA) is 58.6 Å². The van der Waals surface area contributed by atoms with Crippen molar-refractivity contribution in [2.45, 2.75) is 52.0 Å². The maximum Gasteiger partial charge on any atom is 0.228 e. The van der Waals surface area contributed by atoms with E-state index >= 15 is 0 Å². The molecule has 0 aliphatic carbocycles. The summed E-state index contributed by atoms with van der Waals surface area (Å²) in [5.74, 6) is 2.02. The molecule has 1 saturated heterocycles. The predicted octanol–water partition coefficient (Wildman–Crippen LogP) is 5.30. The van der Waals surface area contributed by atoms with Crippen LogP contribution in [0.3, 0.4) is 0 Å². The molecule has 0 atom stereocenters. The van der Waals surface area contributed by atoms with Crippen molar-refractivity contribution in [1.29, 1.82) is 0 Å². The lowest BCUT2D eigenvalue weighted by Gasteiger charge is -2.43. The Morgan fingerprint density at radius 2 is 1.65 bits per heavy atom. The molecule has 3 aromatic rings. The molecule has 3 heterocycles. The van der Waals surface area contributed by atoms with Crippen LogP contribution >= 0.6 is 0 Å². The van der Waals surface area contributed by atoms with E-state index in [4.69, 9.17) is 4.74 Å². The van der Waals surface area contributed by atoms with Crippen molar-refractivity contribution >= 4 is 5.91 Å². The van der Waals surface area contributed by atoms with Gasteiger partial charge in [-0.2, -0.15) is 0 Å². The molecule has 1 amide bonds. The number of likely N-dealkylation sites (N-methyl/N-ethyl adjacent to an activating group) is 1. The van der Waals surface area contributed by atoms with Gasteiger partial charge >= 0.3 is 0 Å². The normalized spacial score (nSPS) is 19.0. The van der Waals surface area contributed by atoms with Crippen molar-refractivity contribution in [3.63, 3.8) is 0 Å². The van der Waals surface area contributed by atoms with Crippen molar-refractivity contribution in [3.8, 4) is 17.1 Å². The molecule has 0 saturated carbocycles. The number of aromatic nitrogens is 2. The number of fused-ring (bicyclic) bond motifs is 1. The van der Waals surface area contributed by atoms with Gasteiger partial charge in [0.15, 0.2) is 5.82 Å². The van der Waals surface area contributed by atoms with Crippen LogP contribution in [0.5, 0.6) is 5.75 Å². The van der Waals surface area contributed by atoms with E-state index in [-0.39, 0.29) is 11.3 Å². The molecule has 194 valence electrons. The van der Waals surface area contributed by atoms with Crippen LogP contribution in [0.25, 0.3) is 11.4 Å². The van der Waals surface area contributed by atoms with Crippen LogP contribution in [0.2, 0.25) is 0 Å². The number of piperidine rings is 1. The molecular weight excluding hydrogens is 460 g/mol. The molecule has 0 radical (unpaired) electrons. The van der Waals surface area contributed by atoms with Crippen molar-refractivity contribution in [3.05, 3.63) is 77.6 Å². The maximum atomic E-state index is 13.7. The highest BCUT2D eigenvalue weighted by Gasteiger charge is 2.42. The number of para-hydroxylation sites is 1. The molecule has 0 unspecified atom stereocenters. The summed E-state index contributed by atoms with van der Waals surface area (Å²) in [6, 6.07) is 16.5. The van der Waals surface area contributed by atoms with Crippen LogP contribution < -0.4 is 4.74 Å². The summed E-state index contributed by atoms with van der Waals surface area (Å²) in [6.45, 7) is 5.88. The Morgan fingerprint density at radius 3 is 2.43 bits per heavy atom. The predicted molar refractivity (Wildman–Crippen MR) is 146 cm³/mol. The molecule has 2 aliphatic rings. The number of amides is 1. The fraction of sp³-hybridized carbons (Fsp3) is 0.452. The zero-order valence-corrected chi connectivity index (χ0v) is 22.2. The van der Waals surface area contributed by atoms with Gasteiger partial charge in [0.05, 0.1) is 12.0 Å². The van der Waals surface area contributed by atoms with Gasteiger partial charge < -0.3 is 9.64 Å². The van der Waals surface area contributed by atoms with Crippen LogP contribution in [0.15, 0.2) is 60.9 Å². The summed E-state index contributed by atoms with van der Waals surface area (Å²) in [7, 11) is 1.94. The summed E-state index contributed by atoms with van der Waals surface area (Å²) in [5, 5.41) is 0. The first-order chi connectivity index (χ1) is 18.0. The molecule has 1 spiro atoms. The second-order valence-corrected chi connectivity index (χ2v) is 10.7. The standard InChI is InChI=1S/C31H38N4O2/c1-24-9-3-5-12-27(24)29-32-21-25(22-33-29)23-35-17-15-31(16-18-35)14-8-7-11-26-10-4-6-13-28(26)37-20-19-34(2)30(31)36/h3-6,9-10,12-13,21-22H,7-8,11,14-20,23H2,1-2H3. The van der Waals surface area contributed by atoms with E-state index in [9.17, 15) is 4.79 Å². The molecule has 1 aromatic heterocycles. The molecule has 6 heteroatoms. The Hall–Kier alpha value is -3.25. The number of carbonyl (C=O) groups is 1. The molecule has 5 rings (SSSR count). The second-order valence-electron chi connectivity index (χ2n) is 10.7. The lowest BCUT2D eigenvalue weighted by atomic mass is 9.73. The Bertz CT molecular complexity index is 1200. The Balaban J connectivity index is 1.22. The molecule has 2 aromatic carbocycles. The van der Waals surface area contributed by atoms with Crippen LogP contribution in [0.1, 0.15) is 48.8 Å². The zero-order valence-electron chi connectivity index (χ0n) is 22.2. The molecule has 0 bridgehead atoms. The van der Waals surface area contributed by atoms with E-state index in [1.807, 2.05) is 48.6 Å². The zero-order chi connectivity index (χ0) is 25.7. The number of aryl methyl sites for hydroxylation is 2. The van der Waals surface area contributed by atoms with Gasteiger partial charge in [0.25, 0.3) is 0 Å². The van der Waals surface area contributed by atoms with Gasteiger partial charge in [-0.15, -0.1) is 0 Å². The van der Waals surface area contributed by atoms with Gasteiger partial charge in [-0.05, 0) is 69.3 Å². The molecule has 37 heavy (non-hydrogen) atoms. The molecule has 1 fully saturated rings. The van der Waals surface area contributed by atoms with Crippen molar-refractivity contribution in [2.75, 3.05) is 33.3 Å². The largest absolute Gasteiger partial charge is 0.491 e. The number of nitrogens with zero attached hydrogens (tertiary/aromatic N) is 4. The van der Waals surface area contributed by atoms with Crippen LogP contribution in [-0.2, 0) is 17.8 Å². The highest BCUT2D eigenvalue weighted by molar-refractivity contribution is 5.82. The third-order valence-electron chi connectivity index (χ3n) is 8.12. The summed E-state index contributed by atoms with van der Waals surface area (Å²) >= 11 is 0. The first-order valence-electron chi connectivity index (χ1n) is 13.6. The minimum Gasteiger partial charge on any atom is -0.491 e. The lowest BCUT2D eigenvalue weighted by molar-refractivity contribution is -0.145. The lowest BCUT2D eigenvalue weighted by Crippen LogP contribution is -2.50. The number of hydrogen-bond donors (Lipinski definition) is 0. The summed E-state index contributed by atoms with van der Waals surface area (Å²) in [5.41, 5.74) is 4.38. The van der Waals surface area contributed by atoms with Crippen LogP contribution in [0, 0.1) is 12.3 Å². The average molecular weight is 499 g/mol. The number of hydrogen-bond acceptors (Lipinski definition) is 5. The highest BCUT2D eigenvalue weighted by atomic mass is 16.5. The number of rotatable bonds is 3. The summed E-state index contributed by atoms with van der Waals surface area (Å²) in [4.78, 5) is 27.3. The Labute approximate surface area is 220 Å². The molecule has 6 nitrogen and oxygen atoms in total. The quantitative estimate of drug-likeness (QED) is 0.491. The van der Waals surface area contributed by atoms with Crippen LogP contribution in [-0.4, -0.2) is 59.0 Å². The second kappa shape index (κ2) is 11.4. The minimum absolute atomic E-state index is 0.269. The fourth-order valence-corrected chi connectivity index (χ4v) is 5.80. The van der Waals surface area contributed by atoms with Gasteiger partial charge in [-0.3, -0.25) is 9.69 Å². The smallest absolute Gasteiger partial charge is 0.228 e. The van der Waals surface area contributed by atoms with Gasteiger partial charge in [0.1, 0.15) is 12.4 Å². The van der Waals surface area contributed by atoms with Crippen molar-refractivity contribution in [2.24, 2.45) is 5.41 Å². The summed E-state index contributed by atoms with van der Waals surface area (Å²) in [6.07, 6.45) is 9.79. The maximum absolute atomic E-state index is 13.7. The van der Waals surface area contributed by atoms with Crippen LogP contribution in [0.4, 0.5) is 0 Å². The van der Waals surface area contributed by atoms with E-state index in [0.29, 0.717) is 13.2 Å². The van der Waals surface area contributed by atoms with E-state index in [1.54, 1.807) is 0 Å². The molecule has 2 aliphatic heterocycles. The molecular formula is C31H38N4O2. The number of ether oxygens (including phenoxy) is 1. The van der Waals surface area contributed by atoms with Gasteiger partial charge in [0, 0.05) is 37.1 Å². The third-order valence-corrected chi connectivity index (χ3v) is 8.12. The van der Waals surface area contributed by atoms with Crippen molar-refractivity contribution < 1.29 is 9.53 Å². The third kappa shape index (κ3) is 5.85. The highest BCUT2D eigenvalue weighted by Crippen LogP contribution is 2.39. The van der Waals surface area contributed by atoms with E-state index < -0.39 is 0 Å². The van der Waals surface area contributed by atoms with Crippen molar-refractivity contribution in [1.82, 2.24) is 19.8 Å². The van der Waals surface area contributed by atoms with E-state index in [2.05, 4.69) is 46.1 Å². The fourth-order valence-electron chi connectivity index (χ4n) is 5.80. The van der Waals surface area contributed by atoms with Gasteiger partial charge in [-0.1, -0.05) is 48.9 Å². The summed E-state index contributed by atoms with van der Waals surface area (Å²) < 4.78 is 6.07. The Morgan fingerprint density at radius 1 is 0.919 bits per heavy atom. The first kappa shape index (κ1) is 25.4. The SMILES string of the molecule is Cc1ccccc1-c1ncc(CN2CCC3(CCCCc4ccccc4OCCN(C)C3=O)CC2)cn1. The number of carbonyl (C=O) groups excluding carboxylic acids is 1. The number of benzene rings is 2. The van der Waals surface area contributed by atoms with Gasteiger partial charge in [0.2, 0.25) is 5.91 Å². The number of likely N-dealkylation sites (tertiary alicyclic amines) is 1. The van der Waals surface area contributed by atoms with E-state index in [1.165, 1.54) is 11.1 Å². The first-order valence-corrected chi connectivity index (χ1v) is 13.6. The van der Waals surface area contributed by atoms with Gasteiger partial charge in [-0.25, -0.2) is 9.97 Å². The minimum atomic E-state index is -0.269. The molecule has 0 N–H and O–H groups in total. The average Bonchev–Trinajstić information content (AvgIpc) is 2.92. The monoisotopic (exact) mass is 498 g/mol.